The van der Waals surface area contributed by atoms with E-state index in [9.17, 15) is 9.90 Å². The molecule has 22 heavy (non-hydrogen) atoms. The molecule has 1 aromatic rings. The zero-order valence-corrected chi connectivity index (χ0v) is 14.5. The van der Waals surface area contributed by atoms with Gasteiger partial charge in [-0.3, -0.25) is 4.79 Å². The zero-order valence-electron chi connectivity index (χ0n) is 14.5. The predicted molar refractivity (Wildman–Crippen MR) is 88.9 cm³/mol. The van der Waals surface area contributed by atoms with E-state index in [0.29, 0.717) is 6.42 Å². The molecule has 0 unspecified atom stereocenters. The molecule has 124 valence electrons. The molecule has 1 aromatic carbocycles. The molecule has 1 amide bonds. The van der Waals surface area contributed by atoms with Crippen LogP contribution in [-0.2, 0) is 4.79 Å². The first-order chi connectivity index (χ1) is 10.3. The lowest BCUT2D eigenvalue weighted by molar-refractivity contribution is -0.136. The van der Waals surface area contributed by atoms with Crippen molar-refractivity contribution >= 4 is 5.91 Å². The molecule has 0 radical (unpaired) electrons. The standard InChI is InChI=1S/C18H29NO3/c1-12(2)19(13(3)4)17(20)11-14(5)18(21)15-7-9-16(22-6)10-8-15/h7-10,12-14,18,21H,11H2,1-6H3/t14-,18+/m1/s1. The zero-order chi connectivity index (χ0) is 16.9. The van der Waals surface area contributed by atoms with E-state index in [2.05, 4.69) is 0 Å². The second kappa shape index (κ2) is 8.18. The summed E-state index contributed by atoms with van der Waals surface area (Å²) in [7, 11) is 1.61. The number of benzene rings is 1. The van der Waals surface area contributed by atoms with E-state index >= 15 is 0 Å². The number of carbonyl (C=O) groups is 1. The van der Waals surface area contributed by atoms with E-state index in [1.165, 1.54) is 0 Å². The normalized spacial score (nSPS) is 14.0. The van der Waals surface area contributed by atoms with Gasteiger partial charge in [0.1, 0.15) is 5.75 Å². The van der Waals surface area contributed by atoms with Crippen molar-refractivity contribution in [1.29, 1.82) is 0 Å². The summed E-state index contributed by atoms with van der Waals surface area (Å²) < 4.78 is 5.12. The largest absolute Gasteiger partial charge is 0.497 e. The van der Waals surface area contributed by atoms with Crippen molar-refractivity contribution < 1.29 is 14.6 Å². The smallest absolute Gasteiger partial charge is 0.223 e. The molecule has 0 heterocycles. The molecule has 0 aliphatic carbocycles. The molecule has 1 rings (SSSR count). The van der Waals surface area contributed by atoms with E-state index in [0.717, 1.165) is 11.3 Å². The molecule has 2 atom stereocenters. The summed E-state index contributed by atoms with van der Waals surface area (Å²) in [6.07, 6.45) is -0.320. The highest BCUT2D eigenvalue weighted by Crippen LogP contribution is 2.27. The maximum Gasteiger partial charge on any atom is 0.223 e. The molecule has 0 aromatic heterocycles. The van der Waals surface area contributed by atoms with Crippen LogP contribution in [0, 0.1) is 5.92 Å². The third-order valence-electron chi connectivity index (χ3n) is 3.89. The first-order valence-electron chi connectivity index (χ1n) is 7.91. The lowest BCUT2D eigenvalue weighted by Crippen LogP contribution is -2.42. The number of amides is 1. The fraction of sp³-hybridized carbons (Fsp3) is 0.611. The Morgan fingerprint density at radius 1 is 1.09 bits per heavy atom. The number of aliphatic hydroxyl groups excluding tert-OH is 1. The minimum Gasteiger partial charge on any atom is -0.497 e. The van der Waals surface area contributed by atoms with Crippen LogP contribution in [0.15, 0.2) is 24.3 Å². The van der Waals surface area contributed by atoms with Crippen LogP contribution in [0.5, 0.6) is 5.75 Å². The van der Waals surface area contributed by atoms with E-state index in [1.807, 2.05) is 63.8 Å². The van der Waals surface area contributed by atoms with Crippen molar-refractivity contribution in [2.45, 2.75) is 59.2 Å². The van der Waals surface area contributed by atoms with Gasteiger partial charge in [0, 0.05) is 18.5 Å². The van der Waals surface area contributed by atoms with Crippen LogP contribution >= 0.6 is 0 Å². The SMILES string of the molecule is COc1ccc([C@@H](O)[C@H](C)CC(=O)N(C(C)C)C(C)C)cc1. The number of ether oxygens (including phenoxy) is 1. The maximum atomic E-state index is 12.5. The van der Waals surface area contributed by atoms with Gasteiger partial charge < -0.3 is 14.7 Å². The molecular formula is C18H29NO3. The molecule has 0 aliphatic heterocycles. The van der Waals surface area contributed by atoms with Gasteiger partial charge in [-0.05, 0) is 51.3 Å². The fourth-order valence-electron chi connectivity index (χ4n) is 2.79. The Labute approximate surface area is 134 Å². The highest BCUT2D eigenvalue weighted by Gasteiger charge is 2.25. The average molecular weight is 307 g/mol. The Morgan fingerprint density at radius 3 is 2.00 bits per heavy atom. The van der Waals surface area contributed by atoms with Crippen LogP contribution < -0.4 is 4.74 Å². The minimum absolute atomic E-state index is 0.0880. The molecule has 0 saturated carbocycles. The summed E-state index contributed by atoms with van der Waals surface area (Å²) >= 11 is 0. The van der Waals surface area contributed by atoms with Crippen LogP contribution in [0.25, 0.3) is 0 Å². The summed E-state index contributed by atoms with van der Waals surface area (Å²) in [4.78, 5) is 14.3. The maximum absolute atomic E-state index is 12.5. The molecular weight excluding hydrogens is 278 g/mol. The number of hydrogen-bond acceptors (Lipinski definition) is 3. The Kier molecular flexibility index (Phi) is 6.88. The molecule has 0 spiro atoms. The first kappa shape index (κ1) is 18.5. The lowest BCUT2D eigenvalue weighted by Gasteiger charge is -2.32. The highest BCUT2D eigenvalue weighted by molar-refractivity contribution is 5.77. The summed E-state index contributed by atoms with van der Waals surface area (Å²) in [5.74, 6) is 0.705. The highest BCUT2D eigenvalue weighted by atomic mass is 16.5. The Bertz CT molecular complexity index is 460. The quantitative estimate of drug-likeness (QED) is 0.840. The van der Waals surface area contributed by atoms with Gasteiger partial charge in [0.15, 0.2) is 0 Å². The molecule has 4 heteroatoms. The van der Waals surface area contributed by atoms with E-state index in [1.54, 1.807) is 7.11 Å². The van der Waals surface area contributed by atoms with Crippen molar-refractivity contribution in [3.05, 3.63) is 29.8 Å². The number of carbonyl (C=O) groups excluding carboxylic acids is 1. The van der Waals surface area contributed by atoms with Gasteiger partial charge in [-0.25, -0.2) is 0 Å². The molecule has 0 bridgehead atoms. The van der Waals surface area contributed by atoms with Crippen LogP contribution in [0.1, 0.15) is 52.7 Å². The Balaban J connectivity index is 2.73. The van der Waals surface area contributed by atoms with Crippen molar-refractivity contribution in [2.24, 2.45) is 5.92 Å². The van der Waals surface area contributed by atoms with Crippen LogP contribution in [0.2, 0.25) is 0 Å². The number of hydrogen-bond donors (Lipinski definition) is 1. The Morgan fingerprint density at radius 2 is 1.59 bits per heavy atom. The molecule has 0 saturated heterocycles. The van der Waals surface area contributed by atoms with Crippen molar-refractivity contribution in [2.75, 3.05) is 7.11 Å². The molecule has 4 nitrogen and oxygen atoms in total. The van der Waals surface area contributed by atoms with Crippen LogP contribution in [-0.4, -0.2) is 35.1 Å². The molecule has 0 fully saturated rings. The van der Waals surface area contributed by atoms with Crippen molar-refractivity contribution in [3.63, 3.8) is 0 Å². The third kappa shape index (κ3) is 4.73. The van der Waals surface area contributed by atoms with Gasteiger partial charge in [-0.15, -0.1) is 0 Å². The van der Waals surface area contributed by atoms with Gasteiger partial charge in [0.05, 0.1) is 13.2 Å². The molecule has 0 aliphatic rings. The van der Waals surface area contributed by atoms with Gasteiger partial charge >= 0.3 is 0 Å². The summed E-state index contributed by atoms with van der Waals surface area (Å²) in [5, 5.41) is 10.4. The summed E-state index contributed by atoms with van der Waals surface area (Å²) in [6.45, 7) is 9.97. The predicted octanol–water partition coefficient (Wildman–Crippen LogP) is 3.40. The van der Waals surface area contributed by atoms with Gasteiger partial charge in [0.2, 0.25) is 5.91 Å². The fourth-order valence-corrected chi connectivity index (χ4v) is 2.79. The topological polar surface area (TPSA) is 49.8 Å². The van der Waals surface area contributed by atoms with E-state index in [4.69, 9.17) is 4.74 Å². The minimum atomic E-state index is -0.656. The Hall–Kier alpha value is -1.55. The van der Waals surface area contributed by atoms with Gasteiger partial charge in [-0.2, -0.15) is 0 Å². The third-order valence-corrected chi connectivity index (χ3v) is 3.89. The van der Waals surface area contributed by atoms with Gasteiger partial charge in [0.25, 0.3) is 0 Å². The van der Waals surface area contributed by atoms with Crippen LogP contribution in [0.3, 0.4) is 0 Å². The van der Waals surface area contributed by atoms with Crippen LogP contribution in [0.4, 0.5) is 0 Å². The number of rotatable bonds is 7. The molecule has 1 N–H and O–H groups in total. The first-order valence-corrected chi connectivity index (χ1v) is 7.91. The lowest BCUT2D eigenvalue weighted by atomic mass is 9.93. The van der Waals surface area contributed by atoms with Gasteiger partial charge in [-0.1, -0.05) is 19.1 Å². The van der Waals surface area contributed by atoms with Crippen molar-refractivity contribution in [1.82, 2.24) is 4.90 Å². The summed E-state index contributed by atoms with van der Waals surface area (Å²) in [5.41, 5.74) is 0.807. The number of methoxy groups -OCH3 is 1. The number of nitrogens with zero attached hydrogens (tertiary/aromatic N) is 1. The second-order valence-corrected chi connectivity index (χ2v) is 6.39. The number of aliphatic hydroxyl groups is 1. The summed E-state index contributed by atoms with van der Waals surface area (Å²) in [6, 6.07) is 7.65. The second-order valence-electron chi connectivity index (χ2n) is 6.39. The van der Waals surface area contributed by atoms with Crippen molar-refractivity contribution in [3.8, 4) is 5.75 Å². The monoisotopic (exact) mass is 307 g/mol. The van der Waals surface area contributed by atoms with E-state index in [-0.39, 0.29) is 23.9 Å². The van der Waals surface area contributed by atoms with E-state index < -0.39 is 6.10 Å². The average Bonchev–Trinajstić information content (AvgIpc) is 2.45.